The lowest BCUT2D eigenvalue weighted by molar-refractivity contribution is 0.0590. The van der Waals surface area contributed by atoms with Crippen molar-refractivity contribution in [3.8, 4) is 5.75 Å². The normalized spacial score (nSPS) is 15.1. The highest BCUT2D eigenvalue weighted by molar-refractivity contribution is 5.94. The lowest BCUT2D eigenvalue weighted by Crippen LogP contribution is -2.42. The first-order valence-electron chi connectivity index (χ1n) is 7.85. The molecular formula is C18H18N2O4. The van der Waals surface area contributed by atoms with Crippen molar-refractivity contribution in [2.45, 2.75) is 18.9 Å². The molecule has 6 nitrogen and oxygen atoms in total. The largest absolute Gasteiger partial charge is 0.490 e. The van der Waals surface area contributed by atoms with Crippen LogP contribution >= 0.6 is 0 Å². The van der Waals surface area contributed by atoms with Crippen molar-refractivity contribution < 1.29 is 19.4 Å². The number of carboxylic acids is 1. The second-order valence-electron chi connectivity index (χ2n) is 5.64. The third-order valence-corrected chi connectivity index (χ3v) is 3.96. The van der Waals surface area contributed by atoms with E-state index >= 15 is 0 Å². The molecule has 24 heavy (non-hydrogen) atoms. The number of hydrogen-bond acceptors (Lipinski definition) is 4. The molecule has 2 heterocycles. The molecule has 1 fully saturated rings. The van der Waals surface area contributed by atoms with E-state index in [-0.39, 0.29) is 23.4 Å². The van der Waals surface area contributed by atoms with Crippen molar-refractivity contribution in [2.24, 2.45) is 0 Å². The van der Waals surface area contributed by atoms with Gasteiger partial charge in [-0.05, 0) is 24.3 Å². The molecule has 1 aromatic carbocycles. The molecule has 124 valence electrons. The number of carbonyl (C=O) groups is 2. The minimum Gasteiger partial charge on any atom is -0.490 e. The molecule has 0 atom stereocenters. The van der Waals surface area contributed by atoms with Gasteiger partial charge in [0.25, 0.3) is 5.91 Å². The SMILES string of the molecule is O=C(O)c1cccc(C(=O)N2CCC(Oc3ccccc3)CC2)n1. The van der Waals surface area contributed by atoms with Gasteiger partial charge in [0, 0.05) is 25.9 Å². The summed E-state index contributed by atoms with van der Waals surface area (Å²) in [5.74, 6) is -0.547. The number of rotatable bonds is 4. The van der Waals surface area contributed by atoms with Crippen molar-refractivity contribution in [2.75, 3.05) is 13.1 Å². The van der Waals surface area contributed by atoms with E-state index in [1.54, 1.807) is 11.0 Å². The molecule has 1 N–H and O–H groups in total. The van der Waals surface area contributed by atoms with Crippen molar-refractivity contribution in [1.29, 1.82) is 0 Å². The van der Waals surface area contributed by atoms with Crippen molar-refractivity contribution >= 4 is 11.9 Å². The molecule has 0 saturated carbocycles. The van der Waals surface area contributed by atoms with Crippen LogP contribution in [0, 0.1) is 0 Å². The van der Waals surface area contributed by atoms with Crippen LogP contribution in [0.3, 0.4) is 0 Å². The number of pyridine rings is 1. The standard InChI is InChI=1S/C18H18N2O4/c21-17(15-7-4-8-16(19-15)18(22)23)20-11-9-14(10-12-20)24-13-5-2-1-3-6-13/h1-8,14H,9-12H2,(H,22,23). The average Bonchev–Trinajstić information content (AvgIpc) is 2.63. The van der Waals surface area contributed by atoms with Gasteiger partial charge in [-0.2, -0.15) is 0 Å². The van der Waals surface area contributed by atoms with Gasteiger partial charge >= 0.3 is 5.97 Å². The lowest BCUT2D eigenvalue weighted by Gasteiger charge is -2.32. The number of para-hydroxylation sites is 1. The molecule has 0 radical (unpaired) electrons. The van der Waals surface area contributed by atoms with Crippen LogP contribution in [-0.2, 0) is 0 Å². The number of benzene rings is 1. The van der Waals surface area contributed by atoms with Crippen LogP contribution in [0.25, 0.3) is 0 Å². The fourth-order valence-corrected chi connectivity index (χ4v) is 2.70. The third kappa shape index (κ3) is 3.71. The van der Waals surface area contributed by atoms with E-state index in [4.69, 9.17) is 9.84 Å². The van der Waals surface area contributed by atoms with E-state index in [9.17, 15) is 9.59 Å². The number of aromatic carboxylic acids is 1. The maximum Gasteiger partial charge on any atom is 0.354 e. The smallest absolute Gasteiger partial charge is 0.354 e. The van der Waals surface area contributed by atoms with Gasteiger partial charge in [0.1, 0.15) is 23.2 Å². The Bertz CT molecular complexity index is 725. The first-order valence-corrected chi connectivity index (χ1v) is 7.85. The number of amides is 1. The van der Waals surface area contributed by atoms with Crippen molar-refractivity contribution in [3.05, 3.63) is 59.9 Å². The summed E-state index contributed by atoms with van der Waals surface area (Å²) in [5, 5.41) is 8.97. The quantitative estimate of drug-likeness (QED) is 0.933. The minimum absolute atomic E-state index is 0.0785. The molecule has 1 aliphatic rings. The number of likely N-dealkylation sites (tertiary alicyclic amines) is 1. The highest BCUT2D eigenvalue weighted by Crippen LogP contribution is 2.19. The summed E-state index contributed by atoms with van der Waals surface area (Å²) in [4.78, 5) is 29.0. The fraction of sp³-hybridized carbons (Fsp3) is 0.278. The van der Waals surface area contributed by atoms with Gasteiger partial charge in [-0.3, -0.25) is 4.79 Å². The molecule has 0 unspecified atom stereocenters. The second kappa shape index (κ2) is 7.12. The van der Waals surface area contributed by atoms with Crippen LogP contribution in [0.2, 0.25) is 0 Å². The maximum atomic E-state index is 12.5. The Morgan fingerprint density at radius 3 is 2.33 bits per heavy atom. The summed E-state index contributed by atoms with van der Waals surface area (Å²) in [7, 11) is 0. The van der Waals surface area contributed by atoms with E-state index in [0.717, 1.165) is 18.6 Å². The molecule has 3 rings (SSSR count). The molecule has 0 bridgehead atoms. The van der Waals surface area contributed by atoms with Crippen molar-refractivity contribution in [3.63, 3.8) is 0 Å². The minimum atomic E-state index is -1.14. The summed E-state index contributed by atoms with van der Waals surface area (Å²) in [6.45, 7) is 1.13. The predicted molar refractivity (Wildman–Crippen MR) is 87.2 cm³/mol. The molecular weight excluding hydrogens is 308 g/mol. The first-order chi connectivity index (χ1) is 11.6. The zero-order valence-corrected chi connectivity index (χ0v) is 13.1. The monoisotopic (exact) mass is 326 g/mol. The molecule has 1 saturated heterocycles. The van der Waals surface area contributed by atoms with E-state index < -0.39 is 5.97 Å². The number of nitrogens with zero attached hydrogens (tertiary/aromatic N) is 2. The van der Waals surface area contributed by atoms with Gasteiger partial charge in [-0.15, -0.1) is 0 Å². The van der Waals surface area contributed by atoms with Crippen LogP contribution in [0.1, 0.15) is 33.8 Å². The van der Waals surface area contributed by atoms with Crippen LogP contribution in [0.5, 0.6) is 5.75 Å². The van der Waals surface area contributed by atoms with E-state index in [0.29, 0.717) is 13.1 Å². The van der Waals surface area contributed by atoms with Gasteiger partial charge in [0.2, 0.25) is 0 Å². The summed E-state index contributed by atoms with van der Waals surface area (Å²) in [5.41, 5.74) is 0.0421. The first kappa shape index (κ1) is 16.0. The molecule has 0 spiro atoms. The van der Waals surface area contributed by atoms with E-state index in [2.05, 4.69) is 4.98 Å². The van der Waals surface area contributed by atoms with Crippen LogP contribution in [0.15, 0.2) is 48.5 Å². The lowest BCUT2D eigenvalue weighted by atomic mass is 10.1. The van der Waals surface area contributed by atoms with Gasteiger partial charge in [0.15, 0.2) is 0 Å². The van der Waals surface area contributed by atoms with Crippen LogP contribution in [-0.4, -0.2) is 46.1 Å². The van der Waals surface area contributed by atoms with Gasteiger partial charge in [-0.25, -0.2) is 9.78 Å². The Balaban J connectivity index is 1.59. The summed E-state index contributed by atoms with van der Waals surface area (Å²) in [6, 6.07) is 14.1. The van der Waals surface area contributed by atoms with E-state index in [1.165, 1.54) is 12.1 Å². The number of aromatic nitrogens is 1. The maximum absolute atomic E-state index is 12.5. The summed E-state index contributed by atoms with van der Waals surface area (Å²) in [6.07, 6.45) is 1.55. The predicted octanol–water partition coefficient (Wildman–Crippen LogP) is 2.46. The van der Waals surface area contributed by atoms with Gasteiger partial charge in [0.05, 0.1) is 0 Å². The highest BCUT2D eigenvalue weighted by Gasteiger charge is 2.25. The second-order valence-corrected chi connectivity index (χ2v) is 5.64. The summed E-state index contributed by atoms with van der Waals surface area (Å²) >= 11 is 0. The molecule has 0 aliphatic carbocycles. The topological polar surface area (TPSA) is 79.7 Å². The molecule has 1 amide bonds. The molecule has 2 aromatic rings. The number of hydrogen-bond donors (Lipinski definition) is 1. The zero-order chi connectivity index (χ0) is 16.9. The molecule has 1 aliphatic heterocycles. The Morgan fingerprint density at radius 2 is 1.67 bits per heavy atom. The van der Waals surface area contributed by atoms with E-state index in [1.807, 2.05) is 30.3 Å². The number of piperidine rings is 1. The third-order valence-electron chi connectivity index (χ3n) is 3.96. The number of carbonyl (C=O) groups excluding carboxylic acids is 1. The Labute approximate surface area is 139 Å². The molecule has 6 heteroatoms. The number of carboxylic acid groups (broad SMARTS) is 1. The number of ether oxygens (including phenoxy) is 1. The Morgan fingerprint density at radius 1 is 1.00 bits per heavy atom. The average molecular weight is 326 g/mol. The fourth-order valence-electron chi connectivity index (χ4n) is 2.70. The summed E-state index contributed by atoms with van der Waals surface area (Å²) < 4.78 is 5.91. The highest BCUT2D eigenvalue weighted by atomic mass is 16.5. The molecule has 1 aromatic heterocycles. The van der Waals surface area contributed by atoms with Gasteiger partial charge < -0.3 is 14.7 Å². The van der Waals surface area contributed by atoms with Crippen LogP contribution in [0.4, 0.5) is 0 Å². The zero-order valence-electron chi connectivity index (χ0n) is 13.1. The Kier molecular flexibility index (Phi) is 4.74. The van der Waals surface area contributed by atoms with Crippen molar-refractivity contribution in [1.82, 2.24) is 9.88 Å². The Hall–Kier alpha value is -2.89. The van der Waals surface area contributed by atoms with Gasteiger partial charge in [-0.1, -0.05) is 24.3 Å². The van der Waals surface area contributed by atoms with Crippen LogP contribution < -0.4 is 4.74 Å².